The lowest BCUT2D eigenvalue weighted by molar-refractivity contribution is 0.746. The number of benzene rings is 3. The maximum Gasteiger partial charge on any atom is 0.282 e. The molecule has 0 fully saturated rings. The first-order valence-corrected chi connectivity index (χ1v) is 12.0. The van der Waals surface area contributed by atoms with E-state index in [2.05, 4.69) is 4.98 Å². The maximum atomic E-state index is 13.9. The van der Waals surface area contributed by atoms with E-state index in [-0.39, 0.29) is 5.56 Å². The van der Waals surface area contributed by atoms with Crippen LogP contribution >= 0.6 is 11.6 Å². The summed E-state index contributed by atoms with van der Waals surface area (Å²) in [5, 5.41) is 5.85. The highest BCUT2D eigenvalue weighted by Crippen LogP contribution is 2.35. The minimum absolute atomic E-state index is 0.173. The smallest absolute Gasteiger partial charge is 0.282 e. The minimum atomic E-state index is -0.173. The Morgan fingerprint density at radius 1 is 0.800 bits per heavy atom. The fourth-order valence-corrected chi connectivity index (χ4v) is 4.76. The third kappa shape index (κ3) is 3.70. The first kappa shape index (κ1) is 21.3. The predicted octanol–water partition coefficient (Wildman–Crippen LogP) is 6.28. The Kier molecular flexibility index (Phi) is 5.39. The molecule has 0 saturated heterocycles. The van der Waals surface area contributed by atoms with Gasteiger partial charge in [-0.15, -0.1) is 11.6 Å². The largest absolute Gasteiger partial charge is 0.330 e. The molecule has 3 aromatic heterocycles. The van der Waals surface area contributed by atoms with E-state index in [0.717, 1.165) is 44.5 Å². The second kappa shape index (κ2) is 8.85. The van der Waals surface area contributed by atoms with Crippen LogP contribution in [0, 0.1) is 0 Å². The number of pyridine rings is 1. The molecule has 170 valence electrons. The number of rotatable bonds is 5. The van der Waals surface area contributed by atoms with Gasteiger partial charge in [0.25, 0.3) is 5.56 Å². The molecule has 3 heterocycles. The third-order valence-corrected chi connectivity index (χ3v) is 6.36. The van der Waals surface area contributed by atoms with Crippen LogP contribution in [-0.2, 0) is 6.54 Å². The second-order valence-electron chi connectivity index (χ2n) is 8.33. The molecular weight excluding hydrogens is 456 g/mol. The summed E-state index contributed by atoms with van der Waals surface area (Å²) in [6.45, 7) is 0.535. The van der Waals surface area contributed by atoms with E-state index in [1.54, 1.807) is 6.20 Å². The molecule has 6 rings (SSSR count). The highest BCUT2D eigenvalue weighted by Gasteiger charge is 2.22. The molecule has 3 aromatic carbocycles. The Morgan fingerprint density at radius 3 is 2.29 bits per heavy atom. The fraction of sp³-hybridized carbons (Fsp3) is 0.0690. The van der Waals surface area contributed by atoms with E-state index in [4.69, 9.17) is 16.7 Å². The highest BCUT2D eigenvalue weighted by atomic mass is 35.5. The molecule has 6 aromatic rings. The standard InChI is InChI=1S/C29H21ClN4O/c30-15-17-33-19-24(22-13-14-25-23(18-22)12-7-16-31-25)29(35)34-28(33)26(20-8-3-1-4-9-20)27(32-34)21-10-5-2-6-11-21/h1-14,16,18-19H,15,17H2. The Balaban J connectivity index is 1.69. The molecule has 0 bridgehead atoms. The number of alkyl halides is 1. The lowest BCUT2D eigenvalue weighted by Crippen LogP contribution is -2.21. The molecule has 5 nitrogen and oxygen atoms in total. The number of hydrogen-bond donors (Lipinski definition) is 0. The van der Waals surface area contributed by atoms with Gasteiger partial charge in [-0.05, 0) is 29.3 Å². The van der Waals surface area contributed by atoms with Gasteiger partial charge in [0.05, 0.1) is 16.6 Å². The van der Waals surface area contributed by atoms with Gasteiger partial charge in [-0.25, -0.2) is 0 Å². The van der Waals surface area contributed by atoms with Crippen LogP contribution in [0.3, 0.4) is 0 Å². The van der Waals surface area contributed by atoms with E-state index < -0.39 is 0 Å². The number of aryl methyl sites for hydroxylation is 1. The summed E-state index contributed by atoms with van der Waals surface area (Å²) in [7, 11) is 0. The SMILES string of the molecule is O=c1c(-c2ccc3ncccc3c2)cn(CCCl)c2c(-c3ccccc3)c(-c3ccccc3)nn12. The molecule has 0 saturated carbocycles. The van der Waals surface area contributed by atoms with Crippen LogP contribution < -0.4 is 5.56 Å². The van der Waals surface area contributed by atoms with Crippen molar-refractivity contribution in [3.8, 4) is 33.5 Å². The lowest BCUT2D eigenvalue weighted by atomic mass is 10.0. The van der Waals surface area contributed by atoms with Crippen LogP contribution in [-0.4, -0.2) is 25.0 Å². The number of aromatic nitrogens is 4. The third-order valence-electron chi connectivity index (χ3n) is 6.19. The molecule has 0 aliphatic heterocycles. The Labute approximate surface area is 206 Å². The van der Waals surface area contributed by atoms with Gasteiger partial charge in [-0.2, -0.15) is 9.61 Å². The molecule has 0 N–H and O–H groups in total. The van der Waals surface area contributed by atoms with Crippen molar-refractivity contribution in [1.29, 1.82) is 0 Å². The molecule has 0 aliphatic rings. The van der Waals surface area contributed by atoms with Crippen molar-refractivity contribution >= 4 is 28.2 Å². The maximum absolute atomic E-state index is 13.9. The van der Waals surface area contributed by atoms with Crippen molar-refractivity contribution in [2.45, 2.75) is 6.54 Å². The van der Waals surface area contributed by atoms with Gasteiger partial charge in [-0.3, -0.25) is 9.78 Å². The zero-order chi connectivity index (χ0) is 23.8. The van der Waals surface area contributed by atoms with E-state index in [0.29, 0.717) is 18.0 Å². The molecule has 0 radical (unpaired) electrons. The Morgan fingerprint density at radius 2 is 1.54 bits per heavy atom. The number of hydrogen-bond acceptors (Lipinski definition) is 3. The Bertz CT molecular complexity index is 1720. The van der Waals surface area contributed by atoms with Crippen LogP contribution in [0.25, 0.3) is 50.1 Å². The quantitative estimate of drug-likeness (QED) is 0.275. The van der Waals surface area contributed by atoms with E-state index in [9.17, 15) is 4.79 Å². The van der Waals surface area contributed by atoms with Gasteiger partial charge < -0.3 is 4.57 Å². The van der Waals surface area contributed by atoms with Crippen LogP contribution in [0.2, 0.25) is 0 Å². The summed E-state index contributed by atoms with van der Waals surface area (Å²) in [6.07, 6.45) is 3.67. The number of nitrogens with zero attached hydrogens (tertiary/aromatic N) is 4. The van der Waals surface area contributed by atoms with Crippen molar-refractivity contribution in [3.63, 3.8) is 0 Å². The van der Waals surface area contributed by atoms with Crippen LogP contribution in [0.4, 0.5) is 0 Å². The summed E-state index contributed by atoms with van der Waals surface area (Å²) in [5.41, 5.74) is 6.44. The van der Waals surface area contributed by atoms with Gasteiger partial charge in [0.15, 0.2) is 0 Å². The summed E-state index contributed by atoms with van der Waals surface area (Å²) >= 11 is 6.24. The van der Waals surface area contributed by atoms with Crippen molar-refractivity contribution in [1.82, 2.24) is 19.2 Å². The summed E-state index contributed by atoms with van der Waals surface area (Å²) in [4.78, 5) is 18.3. The van der Waals surface area contributed by atoms with Gasteiger partial charge in [0.2, 0.25) is 0 Å². The zero-order valence-corrected chi connectivity index (χ0v) is 19.6. The van der Waals surface area contributed by atoms with Gasteiger partial charge >= 0.3 is 0 Å². The molecule has 0 aliphatic carbocycles. The predicted molar refractivity (Wildman–Crippen MR) is 142 cm³/mol. The average molecular weight is 477 g/mol. The average Bonchev–Trinajstić information content (AvgIpc) is 3.33. The molecule has 35 heavy (non-hydrogen) atoms. The van der Waals surface area contributed by atoms with Gasteiger partial charge in [0.1, 0.15) is 11.3 Å². The lowest BCUT2D eigenvalue weighted by Gasteiger charge is -2.13. The second-order valence-corrected chi connectivity index (χ2v) is 8.71. The summed E-state index contributed by atoms with van der Waals surface area (Å²) < 4.78 is 3.57. The normalized spacial score (nSPS) is 11.3. The molecular formula is C29H21ClN4O. The van der Waals surface area contributed by atoms with E-state index >= 15 is 0 Å². The van der Waals surface area contributed by atoms with Crippen molar-refractivity contribution < 1.29 is 0 Å². The number of fused-ring (bicyclic) bond motifs is 2. The van der Waals surface area contributed by atoms with Crippen LogP contribution in [0.15, 0.2) is 108 Å². The molecule has 0 atom stereocenters. The molecule has 6 heteroatoms. The van der Waals surface area contributed by atoms with E-state index in [1.807, 2.05) is 102 Å². The van der Waals surface area contributed by atoms with E-state index in [1.165, 1.54) is 4.52 Å². The first-order valence-electron chi connectivity index (χ1n) is 11.4. The first-order chi connectivity index (χ1) is 17.2. The summed E-state index contributed by atoms with van der Waals surface area (Å²) in [6, 6.07) is 29.8. The van der Waals surface area contributed by atoms with Gasteiger partial charge in [-0.1, -0.05) is 72.8 Å². The van der Waals surface area contributed by atoms with Crippen molar-refractivity contribution in [2.75, 3.05) is 5.88 Å². The summed E-state index contributed by atoms with van der Waals surface area (Å²) in [5.74, 6) is 0.402. The van der Waals surface area contributed by atoms with Crippen LogP contribution in [0.5, 0.6) is 0 Å². The zero-order valence-electron chi connectivity index (χ0n) is 18.8. The van der Waals surface area contributed by atoms with Crippen LogP contribution in [0.1, 0.15) is 0 Å². The van der Waals surface area contributed by atoms with Gasteiger partial charge in [0, 0.05) is 35.8 Å². The minimum Gasteiger partial charge on any atom is -0.330 e. The molecule has 0 amide bonds. The van der Waals surface area contributed by atoms with Crippen molar-refractivity contribution in [3.05, 3.63) is 114 Å². The highest BCUT2D eigenvalue weighted by molar-refractivity contribution is 6.17. The molecule has 0 spiro atoms. The number of halogens is 1. The topological polar surface area (TPSA) is 52.2 Å². The monoisotopic (exact) mass is 476 g/mol. The Hall–Kier alpha value is -4.22. The fourth-order valence-electron chi connectivity index (χ4n) is 4.57. The van der Waals surface area contributed by atoms with Crippen molar-refractivity contribution in [2.24, 2.45) is 0 Å². The molecule has 0 unspecified atom stereocenters.